The third-order valence-electron chi connectivity index (χ3n) is 3.78. The highest BCUT2D eigenvalue weighted by Crippen LogP contribution is 2.24. The molecule has 4 nitrogen and oxygen atoms in total. The van der Waals surface area contributed by atoms with Crippen LogP contribution in [0.3, 0.4) is 0 Å². The Morgan fingerprint density at radius 3 is 2.78 bits per heavy atom. The predicted molar refractivity (Wildman–Crippen MR) is 95.8 cm³/mol. The van der Waals surface area contributed by atoms with Crippen molar-refractivity contribution in [2.24, 2.45) is 5.92 Å². The van der Waals surface area contributed by atoms with Gasteiger partial charge in [-0.1, -0.05) is 63.4 Å². The Balaban J connectivity index is 1.83. The average Bonchev–Trinajstić information content (AvgIpc) is 3.04. The van der Waals surface area contributed by atoms with Crippen LogP contribution in [0.2, 0.25) is 0 Å². The molecule has 2 aromatic rings. The van der Waals surface area contributed by atoms with E-state index in [0.717, 1.165) is 24.1 Å². The van der Waals surface area contributed by atoms with E-state index in [2.05, 4.69) is 24.1 Å². The van der Waals surface area contributed by atoms with Gasteiger partial charge >= 0.3 is 6.09 Å². The first-order valence-electron chi connectivity index (χ1n) is 8.17. The van der Waals surface area contributed by atoms with Crippen molar-refractivity contribution in [2.45, 2.75) is 39.5 Å². The van der Waals surface area contributed by atoms with Crippen molar-refractivity contribution >= 4 is 22.6 Å². The number of carbonyl (C=O) groups is 1. The number of hydrogen-bond donors (Lipinski definition) is 1. The predicted octanol–water partition coefficient (Wildman–Crippen LogP) is 5.58. The van der Waals surface area contributed by atoms with Gasteiger partial charge in [0.2, 0.25) is 0 Å². The molecule has 23 heavy (non-hydrogen) atoms. The molecule has 5 heteroatoms. The Morgan fingerprint density at radius 2 is 2.09 bits per heavy atom. The van der Waals surface area contributed by atoms with Crippen molar-refractivity contribution in [1.82, 2.24) is 4.98 Å². The minimum Gasteiger partial charge on any atom is -0.449 e. The van der Waals surface area contributed by atoms with E-state index in [1.165, 1.54) is 24.2 Å². The highest BCUT2D eigenvalue weighted by atomic mass is 32.1. The molecule has 0 aliphatic rings. The van der Waals surface area contributed by atoms with E-state index < -0.39 is 6.09 Å². The zero-order chi connectivity index (χ0) is 16.5. The van der Waals surface area contributed by atoms with E-state index in [1.807, 2.05) is 35.7 Å². The minimum atomic E-state index is -0.422. The zero-order valence-corrected chi connectivity index (χ0v) is 14.6. The van der Waals surface area contributed by atoms with Crippen molar-refractivity contribution in [2.75, 3.05) is 11.9 Å². The third kappa shape index (κ3) is 5.67. The van der Waals surface area contributed by atoms with E-state index in [-0.39, 0.29) is 0 Å². The maximum atomic E-state index is 11.9. The lowest BCUT2D eigenvalue weighted by molar-refractivity contribution is 0.136. The Bertz CT molecular complexity index is 598. The van der Waals surface area contributed by atoms with Crippen LogP contribution in [0.5, 0.6) is 0 Å². The summed E-state index contributed by atoms with van der Waals surface area (Å²) in [6.45, 7) is 4.78. The lowest BCUT2D eigenvalue weighted by atomic mass is 10.0. The van der Waals surface area contributed by atoms with Gasteiger partial charge in [-0.15, -0.1) is 11.3 Å². The number of hydrogen-bond acceptors (Lipinski definition) is 4. The summed E-state index contributed by atoms with van der Waals surface area (Å²) in [5.41, 5.74) is 1.90. The van der Waals surface area contributed by atoms with Gasteiger partial charge in [0, 0.05) is 10.9 Å². The van der Waals surface area contributed by atoms with Crippen molar-refractivity contribution < 1.29 is 9.53 Å². The Kier molecular flexibility index (Phi) is 7.07. The largest absolute Gasteiger partial charge is 0.449 e. The second kappa shape index (κ2) is 9.30. The Labute approximate surface area is 141 Å². The molecule has 1 aromatic carbocycles. The van der Waals surface area contributed by atoms with Gasteiger partial charge in [-0.05, 0) is 12.3 Å². The molecule has 0 aliphatic heterocycles. The average molecular weight is 332 g/mol. The first-order chi connectivity index (χ1) is 11.2. The fourth-order valence-corrected chi connectivity index (χ4v) is 2.99. The number of aromatic nitrogens is 1. The number of anilines is 1. The maximum Gasteiger partial charge on any atom is 0.413 e. The van der Waals surface area contributed by atoms with Crippen LogP contribution in [-0.2, 0) is 4.74 Å². The van der Waals surface area contributed by atoms with Crippen LogP contribution in [0.25, 0.3) is 11.3 Å². The van der Waals surface area contributed by atoms with Gasteiger partial charge in [0.1, 0.15) is 0 Å². The van der Waals surface area contributed by atoms with E-state index in [1.54, 1.807) is 0 Å². The topological polar surface area (TPSA) is 51.2 Å². The van der Waals surface area contributed by atoms with Crippen molar-refractivity contribution in [3.8, 4) is 11.3 Å². The molecule has 1 N–H and O–H groups in total. The molecule has 1 unspecified atom stereocenters. The molecule has 1 aromatic heterocycles. The fraction of sp³-hybridized carbons (Fsp3) is 0.444. The minimum absolute atomic E-state index is 0.422. The molecule has 0 aliphatic carbocycles. The first kappa shape index (κ1) is 17.5. The second-order valence-electron chi connectivity index (χ2n) is 5.54. The van der Waals surface area contributed by atoms with Crippen LogP contribution in [0.4, 0.5) is 9.93 Å². The molecule has 0 radical (unpaired) electrons. The molecule has 0 bridgehead atoms. The quantitative estimate of drug-likeness (QED) is 0.687. The van der Waals surface area contributed by atoms with Crippen LogP contribution >= 0.6 is 11.3 Å². The third-order valence-corrected chi connectivity index (χ3v) is 4.53. The second-order valence-corrected chi connectivity index (χ2v) is 6.40. The fourth-order valence-electron chi connectivity index (χ4n) is 2.29. The summed E-state index contributed by atoms with van der Waals surface area (Å²) in [6.07, 6.45) is 4.06. The summed E-state index contributed by atoms with van der Waals surface area (Å²) >= 11 is 1.40. The zero-order valence-electron chi connectivity index (χ0n) is 13.7. The molecule has 0 saturated heterocycles. The number of thiazole rings is 1. The van der Waals surface area contributed by atoms with Crippen LogP contribution in [0.1, 0.15) is 39.5 Å². The van der Waals surface area contributed by atoms with Gasteiger partial charge in [0.05, 0.1) is 12.3 Å². The standard InChI is InChI=1S/C18H24N2O2S/c1-3-5-9-14(4-2)12-22-18(21)20-17-19-16(13-23-17)15-10-7-6-8-11-15/h6-8,10-11,13-14H,3-5,9,12H2,1-2H3,(H,19,20,21). The lowest BCUT2D eigenvalue weighted by Gasteiger charge is -2.14. The Morgan fingerprint density at radius 1 is 1.30 bits per heavy atom. The number of rotatable bonds is 8. The number of carbonyl (C=O) groups excluding carboxylic acids is 1. The lowest BCUT2D eigenvalue weighted by Crippen LogP contribution is -2.18. The van der Waals surface area contributed by atoms with Crippen molar-refractivity contribution in [1.29, 1.82) is 0 Å². The molecule has 1 heterocycles. The van der Waals surface area contributed by atoms with E-state index in [0.29, 0.717) is 17.7 Å². The molecule has 0 fully saturated rings. The molecule has 2 rings (SSSR count). The SMILES string of the molecule is CCCCC(CC)COC(=O)Nc1nc(-c2ccccc2)cs1. The van der Waals surface area contributed by atoms with Crippen molar-refractivity contribution in [3.63, 3.8) is 0 Å². The molecule has 0 spiro atoms. The highest BCUT2D eigenvalue weighted by molar-refractivity contribution is 7.14. The number of unbranched alkanes of at least 4 members (excludes halogenated alkanes) is 1. The van der Waals surface area contributed by atoms with Crippen LogP contribution in [0.15, 0.2) is 35.7 Å². The monoisotopic (exact) mass is 332 g/mol. The van der Waals surface area contributed by atoms with Crippen LogP contribution in [-0.4, -0.2) is 17.7 Å². The molecular formula is C18H24N2O2S. The van der Waals surface area contributed by atoms with Crippen LogP contribution in [0, 0.1) is 5.92 Å². The molecule has 1 atom stereocenters. The summed E-state index contributed by atoms with van der Waals surface area (Å²) in [6, 6.07) is 9.90. The van der Waals surface area contributed by atoms with Gasteiger partial charge in [-0.2, -0.15) is 0 Å². The van der Waals surface area contributed by atoms with Crippen LogP contribution < -0.4 is 5.32 Å². The smallest absolute Gasteiger partial charge is 0.413 e. The van der Waals surface area contributed by atoms with Gasteiger partial charge in [-0.25, -0.2) is 9.78 Å². The summed E-state index contributed by atoms with van der Waals surface area (Å²) in [4.78, 5) is 16.3. The van der Waals surface area contributed by atoms with E-state index >= 15 is 0 Å². The summed E-state index contributed by atoms with van der Waals surface area (Å²) in [5, 5.41) is 5.21. The normalized spacial score (nSPS) is 11.9. The Hall–Kier alpha value is -1.88. The van der Waals surface area contributed by atoms with Gasteiger partial charge < -0.3 is 4.74 Å². The number of amides is 1. The van der Waals surface area contributed by atoms with Gasteiger partial charge in [0.25, 0.3) is 0 Å². The highest BCUT2D eigenvalue weighted by Gasteiger charge is 2.12. The molecule has 1 amide bonds. The summed E-state index contributed by atoms with van der Waals surface area (Å²) in [7, 11) is 0. The summed E-state index contributed by atoms with van der Waals surface area (Å²) < 4.78 is 5.33. The first-order valence-corrected chi connectivity index (χ1v) is 9.05. The number of nitrogens with zero attached hydrogens (tertiary/aromatic N) is 1. The van der Waals surface area contributed by atoms with Gasteiger partial charge in [-0.3, -0.25) is 5.32 Å². The van der Waals surface area contributed by atoms with Gasteiger partial charge in [0.15, 0.2) is 5.13 Å². The number of nitrogens with one attached hydrogen (secondary N) is 1. The maximum absolute atomic E-state index is 11.9. The van der Waals surface area contributed by atoms with Crippen molar-refractivity contribution in [3.05, 3.63) is 35.7 Å². The van der Waals surface area contributed by atoms with E-state index in [4.69, 9.17) is 4.74 Å². The number of benzene rings is 1. The molecule has 124 valence electrons. The summed E-state index contributed by atoms with van der Waals surface area (Å²) in [5.74, 6) is 0.442. The van der Waals surface area contributed by atoms with E-state index in [9.17, 15) is 4.79 Å². The number of ether oxygens (including phenoxy) is 1. The molecular weight excluding hydrogens is 308 g/mol. The molecule has 0 saturated carbocycles.